The summed E-state index contributed by atoms with van der Waals surface area (Å²) in [6, 6.07) is 0. The van der Waals surface area contributed by atoms with Gasteiger partial charge < -0.3 is 5.41 Å². The summed E-state index contributed by atoms with van der Waals surface area (Å²) in [5.41, 5.74) is 1.93. The molecular formula is C12H19N. The van der Waals surface area contributed by atoms with E-state index in [4.69, 9.17) is 5.41 Å². The van der Waals surface area contributed by atoms with Crippen LogP contribution in [0.15, 0.2) is 48.6 Å². The van der Waals surface area contributed by atoms with Crippen molar-refractivity contribution in [1.82, 2.24) is 0 Å². The normalized spacial score (nSPS) is 11.0. The lowest BCUT2D eigenvalue weighted by molar-refractivity contribution is 1.50. The Balaban J connectivity index is 0. The van der Waals surface area contributed by atoms with Crippen LogP contribution in [0.1, 0.15) is 20.8 Å². The molecule has 72 valence electrons. The van der Waals surface area contributed by atoms with Crippen molar-refractivity contribution >= 4 is 6.21 Å². The van der Waals surface area contributed by atoms with E-state index in [2.05, 4.69) is 13.2 Å². The Morgan fingerprint density at radius 1 is 1.08 bits per heavy atom. The van der Waals surface area contributed by atoms with Gasteiger partial charge in [-0.05, 0) is 24.1 Å². The highest BCUT2D eigenvalue weighted by Gasteiger charge is 1.92. The van der Waals surface area contributed by atoms with E-state index in [-0.39, 0.29) is 0 Å². The largest absolute Gasteiger partial charge is 0.309 e. The molecule has 0 aromatic carbocycles. The number of hydrogen-bond donors (Lipinski definition) is 1. The number of hydrogen-bond acceptors (Lipinski definition) is 1. The fourth-order valence-electron chi connectivity index (χ4n) is 0.774. The van der Waals surface area contributed by atoms with Crippen LogP contribution in [-0.4, -0.2) is 6.21 Å². The van der Waals surface area contributed by atoms with Crippen LogP contribution in [0.2, 0.25) is 0 Å². The third kappa shape index (κ3) is 5.85. The van der Waals surface area contributed by atoms with Gasteiger partial charge in [-0.1, -0.05) is 45.2 Å². The van der Waals surface area contributed by atoms with E-state index in [1.54, 1.807) is 18.2 Å². The Morgan fingerprint density at radius 2 is 1.54 bits per heavy atom. The molecule has 0 unspecified atom stereocenters. The van der Waals surface area contributed by atoms with Gasteiger partial charge in [0.2, 0.25) is 0 Å². The molecular weight excluding hydrogens is 158 g/mol. The minimum Gasteiger partial charge on any atom is -0.309 e. The van der Waals surface area contributed by atoms with Crippen molar-refractivity contribution in [2.45, 2.75) is 20.8 Å². The first kappa shape index (κ1) is 14.2. The minimum atomic E-state index is 0.928. The summed E-state index contributed by atoms with van der Waals surface area (Å²) < 4.78 is 0. The zero-order chi connectivity index (χ0) is 10.7. The molecule has 0 fully saturated rings. The number of nitrogens with one attached hydrogen (secondary N) is 1. The summed E-state index contributed by atoms with van der Waals surface area (Å²) in [5, 5.41) is 6.87. The molecule has 0 atom stereocenters. The van der Waals surface area contributed by atoms with Gasteiger partial charge in [0, 0.05) is 6.21 Å². The lowest BCUT2D eigenvalue weighted by Gasteiger charge is -1.99. The van der Waals surface area contributed by atoms with Crippen molar-refractivity contribution in [3.63, 3.8) is 0 Å². The number of rotatable bonds is 4. The fraction of sp³-hybridized carbons (Fsp3) is 0.250. The van der Waals surface area contributed by atoms with Gasteiger partial charge in [0.1, 0.15) is 0 Å². The zero-order valence-electron chi connectivity index (χ0n) is 8.80. The molecule has 13 heavy (non-hydrogen) atoms. The molecule has 0 amide bonds. The van der Waals surface area contributed by atoms with Crippen molar-refractivity contribution < 1.29 is 0 Å². The first-order chi connectivity index (χ1) is 6.29. The molecule has 0 aliphatic heterocycles. The topological polar surface area (TPSA) is 23.9 Å². The second-order valence-corrected chi connectivity index (χ2v) is 1.94. The molecule has 1 N–H and O–H groups in total. The van der Waals surface area contributed by atoms with Gasteiger partial charge in [-0.15, -0.1) is 0 Å². The smallest absolute Gasteiger partial charge is 0.0183 e. The monoisotopic (exact) mass is 177 g/mol. The SMILES string of the molecule is C=CC(=C/C)/C(C=C)=C\C=N.CC. The Bertz CT molecular complexity index is 219. The standard InChI is InChI=1S/C10H13N.C2H6/c1-4-9(5-2)10(6-3)7-8-11;1-2/h4-8,11H,1,3H2,2H3;1-2H3/b9-5-,10-7-,11-8?;. The average molecular weight is 177 g/mol. The van der Waals surface area contributed by atoms with E-state index in [0.717, 1.165) is 11.1 Å². The molecule has 0 spiro atoms. The maximum absolute atomic E-state index is 6.87. The maximum atomic E-state index is 6.87. The second kappa shape index (κ2) is 10.6. The highest BCUT2D eigenvalue weighted by atomic mass is 14.3. The van der Waals surface area contributed by atoms with Gasteiger partial charge in [-0.25, -0.2) is 0 Å². The van der Waals surface area contributed by atoms with Gasteiger partial charge in [-0.3, -0.25) is 0 Å². The Hall–Kier alpha value is -1.37. The van der Waals surface area contributed by atoms with E-state index in [1.165, 1.54) is 6.21 Å². The zero-order valence-corrected chi connectivity index (χ0v) is 8.80. The summed E-state index contributed by atoms with van der Waals surface area (Å²) in [7, 11) is 0. The van der Waals surface area contributed by atoms with Crippen molar-refractivity contribution in [2.75, 3.05) is 0 Å². The summed E-state index contributed by atoms with van der Waals surface area (Å²) >= 11 is 0. The summed E-state index contributed by atoms with van der Waals surface area (Å²) in [6.45, 7) is 13.2. The highest BCUT2D eigenvalue weighted by molar-refractivity contribution is 5.72. The van der Waals surface area contributed by atoms with Crippen molar-refractivity contribution in [2.24, 2.45) is 0 Å². The molecule has 0 aliphatic rings. The fourth-order valence-corrected chi connectivity index (χ4v) is 0.774. The van der Waals surface area contributed by atoms with Crippen LogP contribution in [0.25, 0.3) is 0 Å². The first-order valence-electron chi connectivity index (χ1n) is 4.42. The molecule has 0 rings (SSSR count). The molecule has 0 bridgehead atoms. The molecule has 0 aromatic rings. The molecule has 0 heterocycles. The van der Waals surface area contributed by atoms with Crippen LogP contribution < -0.4 is 0 Å². The van der Waals surface area contributed by atoms with Crippen LogP contribution in [0.4, 0.5) is 0 Å². The minimum absolute atomic E-state index is 0.928. The van der Waals surface area contributed by atoms with Gasteiger partial charge in [0.15, 0.2) is 0 Å². The van der Waals surface area contributed by atoms with Crippen LogP contribution >= 0.6 is 0 Å². The molecule has 0 saturated heterocycles. The molecule has 1 heteroatoms. The van der Waals surface area contributed by atoms with Gasteiger partial charge >= 0.3 is 0 Å². The van der Waals surface area contributed by atoms with Crippen molar-refractivity contribution in [3.8, 4) is 0 Å². The Labute approximate surface area is 81.7 Å². The van der Waals surface area contributed by atoms with E-state index in [9.17, 15) is 0 Å². The molecule has 0 radical (unpaired) electrons. The lowest BCUT2D eigenvalue weighted by Crippen LogP contribution is -1.81. The summed E-state index contributed by atoms with van der Waals surface area (Å²) in [5.74, 6) is 0. The Kier molecular flexibility index (Phi) is 11.6. The van der Waals surface area contributed by atoms with Crippen LogP contribution in [-0.2, 0) is 0 Å². The summed E-state index contributed by atoms with van der Waals surface area (Å²) in [4.78, 5) is 0. The number of allylic oxidation sites excluding steroid dienone is 6. The van der Waals surface area contributed by atoms with E-state index >= 15 is 0 Å². The average Bonchev–Trinajstić information content (AvgIpc) is 2.21. The third-order valence-corrected chi connectivity index (χ3v) is 1.35. The van der Waals surface area contributed by atoms with Gasteiger partial charge in [-0.2, -0.15) is 0 Å². The van der Waals surface area contributed by atoms with Crippen LogP contribution in [0.3, 0.4) is 0 Å². The van der Waals surface area contributed by atoms with Crippen LogP contribution in [0.5, 0.6) is 0 Å². The highest BCUT2D eigenvalue weighted by Crippen LogP contribution is 2.10. The molecule has 1 nitrogen and oxygen atoms in total. The van der Waals surface area contributed by atoms with Gasteiger partial charge in [0.25, 0.3) is 0 Å². The predicted octanol–water partition coefficient (Wildman–Crippen LogP) is 3.91. The molecule has 0 saturated carbocycles. The van der Waals surface area contributed by atoms with E-state index in [1.807, 2.05) is 26.8 Å². The first-order valence-corrected chi connectivity index (χ1v) is 4.42. The lowest BCUT2D eigenvalue weighted by atomic mass is 10.1. The van der Waals surface area contributed by atoms with Crippen molar-refractivity contribution in [1.29, 1.82) is 5.41 Å². The van der Waals surface area contributed by atoms with E-state index in [0.29, 0.717) is 0 Å². The summed E-state index contributed by atoms with van der Waals surface area (Å²) in [6.07, 6.45) is 8.32. The Morgan fingerprint density at radius 3 is 1.77 bits per heavy atom. The van der Waals surface area contributed by atoms with E-state index < -0.39 is 0 Å². The molecule has 0 aliphatic carbocycles. The van der Waals surface area contributed by atoms with Crippen molar-refractivity contribution in [3.05, 3.63) is 48.6 Å². The quantitative estimate of drug-likeness (QED) is 0.497. The third-order valence-electron chi connectivity index (χ3n) is 1.35. The molecule has 0 aromatic heterocycles. The second-order valence-electron chi connectivity index (χ2n) is 1.94. The van der Waals surface area contributed by atoms with Crippen LogP contribution in [0, 0.1) is 5.41 Å². The van der Waals surface area contributed by atoms with Gasteiger partial charge in [0.05, 0.1) is 0 Å². The predicted molar refractivity (Wildman–Crippen MR) is 62.4 cm³/mol. The maximum Gasteiger partial charge on any atom is 0.0183 e.